The van der Waals surface area contributed by atoms with Gasteiger partial charge in [0.15, 0.2) is 5.78 Å². The van der Waals surface area contributed by atoms with Crippen molar-refractivity contribution in [2.45, 2.75) is 11.6 Å². The van der Waals surface area contributed by atoms with E-state index >= 15 is 0 Å². The number of carbonyl (C=O) groups excluding carboxylic acids is 1. The molecule has 2 aromatic rings. The van der Waals surface area contributed by atoms with E-state index in [9.17, 15) is 14.9 Å². The molecule has 0 unspecified atom stereocenters. The van der Waals surface area contributed by atoms with E-state index < -0.39 is 4.92 Å². The van der Waals surface area contributed by atoms with Gasteiger partial charge in [-0.25, -0.2) is 0 Å². The van der Waals surface area contributed by atoms with Crippen LogP contribution in [-0.4, -0.2) is 25.7 Å². The van der Waals surface area contributed by atoms with Crippen molar-refractivity contribution in [2.24, 2.45) is 0 Å². The molecule has 104 valence electrons. The standard InChI is InChI=1S/C13H9NO3.C2H6Se/c15-13(10-6-2-1-3-7-10)11-8-4-5-9-12(11)14(16)17;1-3-2/h1-9H;1-2H3. The molecule has 0 bridgehead atoms. The third-order valence-corrected chi connectivity index (χ3v) is 2.38. The predicted molar refractivity (Wildman–Crippen MR) is 80.5 cm³/mol. The Balaban J connectivity index is 0.000000612. The van der Waals surface area contributed by atoms with Gasteiger partial charge < -0.3 is 0 Å². The molecule has 0 amide bonds. The maximum absolute atomic E-state index is 12.1. The number of benzene rings is 2. The first-order valence-electron chi connectivity index (χ1n) is 5.85. The van der Waals surface area contributed by atoms with Crippen LogP contribution in [-0.2, 0) is 0 Å². The zero-order valence-corrected chi connectivity index (χ0v) is 13.0. The molecule has 0 saturated heterocycles. The van der Waals surface area contributed by atoms with E-state index in [0.717, 1.165) is 15.0 Å². The average Bonchev–Trinajstić information content (AvgIpc) is 2.48. The van der Waals surface area contributed by atoms with E-state index in [0.29, 0.717) is 5.56 Å². The number of rotatable bonds is 3. The molecule has 0 fully saturated rings. The van der Waals surface area contributed by atoms with Gasteiger partial charge >= 0.3 is 26.6 Å². The summed E-state index contributed by atoms with van der Waals surface area (Å²) in [5.74, 6) is 4.04. The number of nitro groups is 1. The zero-order chi connectivity index (χ0) is 15.0. The van der Waals surface area contributed by atoms with Crippen molar-refractivity contribution in [2.75, 3.05) is 0 Å². The zero-order valence-electron chi connectivity index (χ0n) is 11.3. The molecule has 0 spiro atoms. The summed E-state index contributed by atoms with van der Waals surface area (Å²) in [5, 5.41) is 10.8. The van der Waals surface area contributed by atoms with Gasteiger partial charge in [0.2, 0.25) is 0 Å². The Hall–Kier alpha value is -1.97. The molecule has 0 N–H and O–H groups in total. The molecule has 0 aliphatic carbocycles. The molecule has 0 aliphatic heterocycles. The molecular formula is C15H15NO3Se. The fraction of sp³-hybridized carbons (Fsp3) is 0.133. The first kappa shape index (κ1) is 16.1. The Morgan fingerprint density at radius 3 is 2.05 bits per heavy atom. The topological polar surface area (TPSA) is 60.2 Å². The number of carbonyl (C=O) groups is 1. The Labute approximate surface area is 124 Å². The second-order valence-electron chi connectivity index (χ2n) is 3.88. The van der Waals surface area contributed by atoms with Crippen LogP contribution in [0.25, 0.3) is 0 Å². The average molecular weight is 336 g/mol. The molecule has 20 heavy (non-hydrogen) atoms. The first-order chi connectivity index (χ1) is 9.61. The van der Waals surface area contributed by atoms with Crippen molar-refractivity contribution in [3.63, 3.8) is 0 Å². The van der Waals surface area contributed by atoms with E-state index in [1.165, 1.54) is 12.1 Å². The van der Waals surface area contributed by atoms with Crippen LogP contribution in [0.3, 0.4) is 0 Å². The fourth-order valence-corrected chi connectivity index (χ4v) is 1.57. The summed E-state index contributed by atoms with van der Waals surface area (Å²) in [6.45, 7) is 0. The smallest absolute Gasteiger partial charge is 0.280 e. The van der Waals surface area contributed by atoms with Crippen LogP contribution in [0.2, 0.25) is 11.6 Å². The van der Waals surface area contributed by atoms with Gasteiger partial charge in [-0.1, -0.05) is 42.5 Å². The van der Waals surface area contributed by atoms with Gasteiger partial charge in [-0.3, -0.25) is 14.9 Å². The van der Waals surface area contributed by atoms with Crippen LogP contribution >= 0.6 is 0 Å². The van der Waals surface area contributed by atoms with E-state index in [-0.39, 0.29) is 17.0 Å². The molecule has 0 aliphatic rings. The largest absolute Gasteiger partial charge is 0.288 e. The van der Waals surface area contributed by atoms with E-state index in [2.05, 4.69) is 11.6 Å². The van der Waals surface area contributed by atoms with E-state index in [4.69, 9.17) is 0 Å². The van der Waals surface area contributed by atoms with Gasteiger partial charge in [0, 0.05) is 11.6 Å². The predicted octanol–water partition coefficient (Wildman–Crippen LogP) is 3.61. The van der Waals surface area contributed by atoms with Crippen molar-refractivity contribution < 1.29 is 9.72 Å². The van der Waals surface area contributed by atoms with Crippen LogP contribution in [0.15, 0.2) is 54.6 Å². The van der Waals surface area contributed by atoms with Crippen molar-refractivity contribution in [3.8, 4) is 0 Å². The van der Waals surface area contributed by atoms with Gasteiger partial charge in [-0.2, -0.15) is 0 Å². The van der Waals surface area contributed by atoms with E-state index in [1.54, 1.807) is 42.5 Å². The molecule has 0 radical (unpaired) electrons. The number of hydrogen-bond donors (Lipinski definition) is 0. The van der Waals surface area contributed by atoms with Crippen LogP contribution in [0.4, 0.5) is 5.69 Å². The monoisotopic (exact) mass is 337 g/mol. The minimum absolute atomic E-state index is 0.115. The van der Waals surface area contributed by atoms with Crippen LogP contribution in [0.5, 0.6) is 0 Å². The summed E-state index contributed by atoms with van der Waals surface area (Å²) in [5.41, 5.74) is 0.395. The third kappa shape index (κ3) is 4.30. The normalized spacial score (nSPS) is 9.30. The minimum atomic E-state index is -0.545. The number of ketones is 1. The molecule has 4 nitrogen and oxygen atoms in total. The van der Waals surface area contributed by atoms with Gasteiger partial charge in [0.05, 0.1) is 4.92 Å². The third-order valence-electron chi connectivity index (χ3n) is 2.38. The Morgan fingerprint density at radius 1 is 1.00 bits per heavy atom. The van der Waals surface area contributed by atoms with Gasteiger partial charge in [0.25, 0.3) is 5.69 Å². The number of para-hydroxylation sites is 1. The number of hydrogen-bond acceptors (Lipinski definition) is 3. The Bertz CT molecular complexity index is 585. The van der Waals surface area contributed by atoms with Crippen molar-refractivity contribution in [3.05, 3.63) is 75.8 Å². The van der Waals surface area contributed by atoms with Crippen molar-refractivity contribution >= 4 is 26.4 Å². The number of nitrogens with zero attached hydrogens (tertiary/aromatic N) is 1. The first-order valence-corrected chi connectivity index (χ1v) is 9.27. The second-order valence-corrected chi connectivity index (χ2v) is 5.59. The molecule has 2 rings (SSSR count). The van der Waals surface area contributed by atoms with Crippen LogP contribution in [0.1, 0.15) is 15.9 Å². The molecule has 0 aromatic heterocycles. The summed E-state index contributed by atoms with van der Waals surface area (Å²) >= 11 is 0.875. The fourth-order valence-electron chi connectivity index (χ4n) is 1.57. The molecule has 0 heterocycles. The minimum Gasteiger partial charge on any atom is -0.288 e. The molecule has 5 heteroatoms. The molecule has 0 saturated carbocycles. The van der Waals surface area contributed by atoms with Crippen molar-refractivity contribution in [1.29, 1.82) is 0 Å². The summed E-state index contributed by atoms with van der Waals surface area (Å²) in [6, 6.07) is 14.5. The summed E-state index contributed by atoms with van der Waals surface area (Å²) < 4.78 is 0. The second kappa shape index (κ2) is 8.25. The van der Waals surface area contributed by atoms with Crippen LogP contribution in [0, 0.1) is 10.1 Å². The van der Waals surface area contributed by atoms with Gasteiger partial charge in [0.1, 0.15) is 5.56 Å². The maximum Gasteiger partial charge on any atom is 0.280 e. The molecular weight excluding hydrogens is 321 g/mol. The molecule has 0 atom stereocenters. The SMILES string of the molecule is C[Se]C.O=C(c1ccccc1)c1ccccc1[N+](=O)[O-]. The summed E-state index contributed by atoms with van der Waals surface area (Å²) in [7, 11) is 0. The maximum atomic E-state index is 12.1. The van der Waals surface area contributed by atoms with Crippen LogP contribution < -0.4 is 0 Å². The molecule has 2 aromatic carbocycles. The van der Waals surface area contributed by atoms with Crippen molar-refractivity contribution in [1.82, 2.24) is 0 Å². The summed E-state index contributed by atoms with van der Waals surface area (Å²) in [6.07, 6.45) is 0. The van der Waals surface area contributed by atoms with E-state index in [1.807, 2.05) is 0 Å². The summed E-state index contributed by atoms with van der Waals surface area (Å²) in [4.78, 5) is 22.3. The van der Waals surface area contributed by atoms with Gasteiger partial charge in [-0.05, 0) is 6.07 Å². The number of nitro benzene ring substituents is 1. The Morgan fingerprint density at radius 2 is 1.50 bits per heavy atom. The Kier molecular flexibility index (Phi) is 6.64. The quantitative estimate of drug-likeness (QED) is 0.372. The van der Waals surface area contributed by atoms with Gasteiger partial charge in [-0.15, -0.1) is 0 Å².